The SMILES string of the molecule is O=CC(Cc1ccccc1)=NOCc1ccccc1. The van der Waals surface area contributed by atoms with Crippen LogP contribution in [0.3, 0.4) is 0 Å². The van der Waals surface area contributed by atoms with Gasteiger partial charge in [0.25, 0.3) is 0 Å². The Kier molecular flexibility index (Phi) is 4.87. The molecule has 0 aliphatic heterocycles. The Hall–Kier alpha value is -2.42. The number of rotatable bonds is 6. The molecule has 0 aliphatic rings. The highest BCUT2D eigenvalue weighted by Gasteiger charge is 2.00. The van der Waals surface area contributed by atoms with E-state index in [2.05, 4.69) is 5.16 Å². The van der Waals surface area contributed by atoms with E-state index in [1.165, 1.54) is 0 Å². The average molecular weight is 253 g/mol. The lowest BCUT2D eigenvalue weighted by molar-refractivity contribution is -0.103. The van der Waals surface area contributed by atoms with Crippen molar-refractivity contribution in [2.75, 3.05) is 0 Å². The van der Waals surface area contributed by atoms with Crippen LogP contribution in [0, 0.1) is 0 Å². The van der Waals surface area contributed by atoms with Gasteiger partial charge in [-0.3, -0.25) is 4.79 Å². The maximum absolute atomic E-state index is 10.9. The van der Waals surface area contributed by atoms with Crippen molar-refractivity contribution in [3.63, 3.8) is 0 Å². The van der Waals surface area contributed by atoms with Gasteiger partial charge in [0.15, 0.2) is 6.29 Å². The van der Waals surface area contributed by atoms with Crippen LogP contribution in [0.25, 0.3) is 0 Å². The minimum atomic E-state index is 0.368. The van der Waals surface area contributed by atoms with Crippen LogP contribution in [0.2, 0.25) is 0 Å². The van der Waals surface area contributed by atoms with Gasteiger partial charge in [-0.1, -0.05) is 65.8 Å². The maximum Gasteiger partial charge on any atom is 0.167 e. The van der Waals surface area contributed by atoms with Crippen molar-refractivity contribution < 1.29 is 9.63 Å². The Labute approximate surface area is 112 Å². The van der Waals surface area contributed by atoms with Crippen molar-refractivity contribution in [2.45, 2.75) is 13.0 Å². The molecule has 0 saturated carbocycles. The molecule has 0 amide bonds. The van der Waals surface area contributed by atoms with E-state index < -0.39 is 0 Å². The number of benzene rings is 2. The van der Waals surface area contributed by atoms with E-state index in [1.807, 2.05) is 60.7 Å². The molecule has 96 valence electrons. The topological polar surface area (TPSA) is 38.7 Å². The standard InChI is InChI=1S/C16H15NO2/c18-12-16(11-14-7-3-1-4-8-14)17-19-13-15-9-5-2-6-10-15/h1-10,12H,11,13H2. The molecule has 0 saturated heterocycles. The minimum absolute atomic E-state index is 0.368. The second-order valence-corrected chi connectivity index (χ2v) is 4.12. The fourth-order valence-electron chi connectivity index (χ4n) is 1.66. The smallest absolute Gasteiger partial charge is 0.167 e. The summed E-state index contributed by atoms with van der Waals surface area (Å²) in [5, 5.41) is 3.88. The summed E-state index contributed by atoms with van der Waals surface area (Å²) in [6, 6.07) is 19.4. The molecule has 2 aromatic rings. The Morgan fingerprint density at radius 2 is 1.53 bits per heavy atom. The van der Waals surface area contributed by atoms with Crippen LogP contribution in [-0.2, 0) is 22.7 Å². The van der Waals surface area contributed by atoms with Gasteiger partial charge in [0.2, 0.25) is 0 Å². The van der Waals surface area contributed by atoms with Crippen LogP contribution in [0.15, 0.2) is 65.8 Å². The molecule has 0 fully saturated rings. The summed E-state index contributed by atoms with van der Waals surface area (Å²) in [4.78, 5) is 16.1. The van der Waals surface area contributed by atoms with Gasteiger partial charge >= 0.3 is 0 Å². The van der Waals surface area contributed by atoms with Gasteiger partial charge in [0.1, 0.15) is 12.3 Å². The third-order valence-electron chi connectivity index (χ3n) is 2.62. The quantitative estimate of drug-likeness (QED) is 0.451. The molecule has 0 heterocycles. The highest BCUT2D eigenvalue weighted by molar-refractivity contribution is 6.28. The van der Waals surface area contributed by atoms with Gasteiger partial charge in [-0.2, -0.15) is 0 Å². The van der Waals surface area contributed by atoms with Gasteiger partial charge in [0, 0.05) is 6.42 Å². The monoisotopic (exact) mass is 253 g/mol. The van der Waals surface area contributed by atoms with Crippen LogP contribution in [0.5, 0.6) is 0 Å². The molecule has 0 atom stereocenters. The lowest BCUT2D eigenvalue weighted by Gasteiger charge is -2.02. The van der Waals surface area contributed by atoms with Gasteiger partial charge in [-0.25, -0.2) is 0 Å². The number of carbonyl (C=O) groups is 1. The zero-order valence-corrected chi connectivity index (χ0v) is 10.5. The summed E-state index contributed by atoms with van der Waals surface area (Å²) in [7, 11) is 0. The van der Waals surface area contributed by atoms with E-state index in [0.29, 0.717) is 18.7 Å². The van der Waals surface area contributed by atoms with Gasteiger partial charge < -0.3 is 4.84 Å². The van der Waals surface area contributed by atoms with Crippen LogP contribution in [0.1, 0.15) is 11.1 Å². The lowest BCUT2D eigenvalue weighted by Crippen LogP contribution is -2.05. The Morgan fingerprint density at radius 1 is 0.947 bits per heavy atom. The van der Waals surface area contributed by atoms with Crippen LogP contribution >= 0.6 is 0 Å². The first-order valence-corrected chi connectivity index (χ1v) is 6.10. The number of nitrogens with zero attached hydrogens (tertiary/aromatic N) is 1. The van der Waals surface area contributed by atoms with E-state index in [1.54, 1.807) is 0 Å². The predicted octanol–water partition coefficient (Wildman–Crippen LogP) is 3.00. The second kappa shape index (κ2) is 7.11. The van der Waals surface area contributed by atoms with Gasteiger partial charge in [-0.05, 0) is 11.1 Å². The van der Waals surface area contributed by atoms with Crippen molar-refractivity contribution in [3.8, 4) is 0 Å². The van der Waals surface area contributed by atoms with E-state index in [-0.39, 0.29) is 0 Å². The first-order valence-electron chi connectivity index (χ1n) is 6.10. The largest absolute Gasteiger partial charge is 0.391 e. The lowest BCUT2D eigenvalue weighted by atomic mass is 10.1. The molecular formula is C16H15NO2. The summed E-state index contributed by atoms with van der Waals surface area (Å²) < 4.78 is 0. The third kappa shape index (κ3) is 4.39. The molecule has 0 radical (unpaired) electrons. The number of carbonyl (C=O) groups excluding carboxylic acids is 1. The molecule has 3 nitrogen and oxygen atoms in total. The number of hydrogen-bond donors (Lipinski definition) is 0. The van der Waals surface area contributed by atoms with E-state index in [4.69, 9.17) is 4.84 Å². The molecule has 0 spiro atoms. The molecule has 0 aromatic heterocycles. The average Bonchev–Trinajstić information content (AvgIpc) is 2.48. The van der Waals surface area contributed by atoms with Crippen molar-refractivity contribution >= 4 is 12.0 Å². The number of hydrogen-bond acceptors (Lipinski definition) is 3. The minimum Gasteiger partial charge on any atom is -0.391 e. The first kappa shape index (κ1) is 13.0. The molecule has 0 N–H and O–H groups in total. The Balaban J connectivity index is 1.91. The number of oxime groups is 1. The second-order valence-electron chi connectivity index (χ2n) is 4.12. The molecule has 2 aromatic carbocycles. The highest BCUT2D eigenvalue weighted by atomic mass is 16.6. The third-order valence-corrected chi connectivity index (χ3v) is 2.62. The predicted molar refractivity (Wildman–Crippen MR) is 74.9 cm³/mol. The fraction of sp³-hybridized carbons (Fsp3) is 0.125. The summed E-state index contributed by atoms with van der Waals surface area (Å²) >= 11 is 0. The highest BCUT2D eigenvalue weighted by Crippen LogP contribution is 2.03. The van der Waals surface area contributed by atoms with Crippen LogP contribution in [0.4, 0.5) is 0 Å². The van der Waals surface area contributed by atoms with Gasteiger partial charge in [0.05, 0.1) is 0 Å². The fourth-order valence-corrected chi connectivity index (χ4v) is 1.66. The van der Waals surface area contributed by atoms with Crippen molar-refractivity contribution in [1.82, 2.24) is 0 Å². The van der Waals surface area contributed by atoms with Crippen molar-refractivity contribution in [2.24, 2.45) is 5.16 Å². The van der Waals surface area contributed by atoms with E-state index >= 15 is 0 Å². The molecule has 0 aliphatic carbocycles. The molecular weight excluding hydrogens is 238 g/mol. The molecule has 0 bridgehead atoms. The maximum atomic E-state index is 10.9. The molecule has 0 unspecified atom stereocenters. The number of aldehydes is 1. The zero-order chi connectivity index (χ0) is 13.3. The molecule has 19 heavy (non-hydrogen) atoms. The summed E-state index contributed by atoms with van der Waals surface area (Å²) in [5.74, 6) is 0. The zero-order valence-electron chi connectivity index (χ0n) is 10.5. The van der Waals surface area contributed by atoms with Gasteiger partial charge in [-0.15, -0.1) is 0 Å². The summed E-state index contributed by atoms with van der Waals surface area (Å²) in [6.45, 7) is 0.368. The Morgan fingerprint density at radius 3 is 2.11 bits per heavy atom. The van der Waals surface area contributed by atoms with E-state index in [0.717, 1.165) is 17.4 Å². The molecule has 2 rings (SSSR count). The van der Waals surface area contributed by atoms with Crippen molar-refractivity contribution in [1.29, 1.82) is 0 Å². The van der Waals surface area contributed by atoms with Crippen LogP contribution in [-0.4, -0.2) is 12.0 Å². The molecule has 3 heteroatoms. The van der Waals surface area contributed by atoms with E-state index in [9.17, 15) is 4.79 Å². The summed E-state index contributed by atoms with van der Waals surface area (Å²) in [5.41, 5.74) is 2.45. The van der Waals surface area contributed by atoms with Crippen LogP contribution < -0.4 is 0 Å². The first-order chi connectivity index (χ1) is 9.38. The summed E-state index contributed by atoms with van der Waals surface area (Å²) in [6.07, 6.45) is 1.22. The van der Waals surface area contributed by atoms with Crippen molar-refractivity contribution in [3.05, 3.63) is 71.8 Å². The normalized spacial score (nSPS) is 11.1. The Bertz CT molecular complexity index is 535.